The summed E-state index contributed by atoms with van der Waals surface area (Å²) in [4.78, 5) is 9.25. The first-order chi connectivity index (χ1) is 10.8. The molecule has 0 saturated carbocycles. The van der Waals surface area contributed by atoms with E-state index in [0.717, 1.165) is 6.08 Å². The summed E-state index contributed by atoms with van der Waals surface area (Å²) in [5.74, 6) is -0.981. The van der Waals surface area contributed by atoms with Crippen LogP contribution in [0, 0.1) is 10.8 Å². The molecule has 8 heteroatoms. The molecule has 0 amide bonds. The van der Waals surface area contributed by atoms with Crippen molar-refractivity contribution in [3.05, 3.63) is 12.7 Å². The van der Waals surface area contributed by atoms with Crippen molar-refractivity contribution in [2.45, 2.75) is 26.7 Å². The number of carboxylic acid groups (broad SMARTS) is 1. The number of carboxylic acids is 1. The van der Waals surface area contributed by atoms with E-state index < -0.39 is 16.8 Å². The maximum absolute atomic E-state index is 9.25. The van der Waals surface area contributed by atoms with Crippen LogP contribution in [0.5, 0.6) is 0 Å². The van der Waals surface area contributed by atoms with Crippen LogP contribution >= 0.6 is 0 Å². The van der Waals surface area contributed by atoms with E-state index in [1.165, 1.54) is 0 Å². The minimum absolute atomic E-state index is 0.156. The van der Waals surface area contributed by atoms with Crippen molar-refractivity contribution in [1.29, 1.82) is 0 Å². The fourth-order valence-electron chi connectivity index (χ4n) is 0.971. The highest BCUT2D eigenvalue weighted by atomic mass is 16.4. The van der Waals surface area contributed by atoms with Gasteiger partial charge in [-0.15, -0.1) is 0 Å². The zero-order valence-electron chi connectivity index (χ0n) is 14.0. The van der Waals surface area contributed by atoms with Crippen molar-refractivity contribution in [3.63, 3.8) is 0 Å². The predicted octanol–water partition coefficient (Wildman–Crippen LogP) is -1.02. The van der Waals surface area contributed by atoms with E-state index in [1.54, 1.807) is 0 Å². The van der Waals surface area contributed by atoms with Crippen LogP contribution in [0.25, 0.3) is 0 Å². The molecule has 0 rings (SSSR count). The molecule has 0 aromatic carbocycles. The van der Waals surface area contributed by atoms with E-state index >= 15 is 0 Å². The van der Waals surface area contributed by atoms with Crippen molar-refractivity contribution in [3.8, 4) is 0 Å². The van der Waals surface area contributed by atoms with E-state index in [9.17, 15) is 4.79 Å². The number of carbonyl (C=O) groups is 1. The smallest absolute Gasteiger partial charge is 0.327 e. The molecule has 0 bridgehead atoms. The van der Waals surface area contributed by atoms with Gasteiger partial charge in [0.1, 0.15) is 0 Å². The minimum Gasteiger partial charge on any atom is -0.478 e. The normalized spacial score (nSPS) is 10.8. The number of aliphatic hydroxyl groups excluding tert-OH is 6. The largest absolute Gasteiger partial charge is 0.478 e. The van der Waals surface area contributed by atoms with Gasteiger partial charge in [-0.25, -0.2) is 4.79 Å². The Morgan fingerprint density at radius 1 is 0.783 bits per heavy atom. The van der Waals surface area contributed by atoms with Gasteiger partial charge in [0, 0.05) is 16.9 Å². The highest BCUT2D eigenvalue weighted by molar-refractivity contribution is 5.78. The molecule has 140 valence electrons. The van der Waals surface area contributed by atoms with Gasteiger partial charge in [-0.1, -0.05) is 20.4 Å². The zero-order chi connectivity index (χ0) is 18.9. The highest BCUT2D eigenvalue weighted by Gasteiger charge is 2.25. The quantitative estimate of drug-likeness (QED) is 0.263. The van der Waals surface area contributed by atoms with E-state index in [2.05, 4.69) is 6.58 Å². The van der Waals surface area contributed by atoms with Crippen molar-refractivity contribution >= 4 is 5.97 Å². The summed E-state index contributed by atoms with van der Waals surface area (Å²) in [5, 5.41) is 59.5. The van der Waals surface area contributed by atoms with Crippen LogP contribution < -0.4 is 0 Å². The molecule has 0 heterocycles. The maximum Gasteiger partial charge on any atom is 0.327 e. The molecular weight excluding hydrogens is 308 g/mol. The highest BCUT2D eigenvalue weighted by Crippen LogP contribution is 2.18. The van der Waals surface area contributed by atoms with Gasteiger partial charge in [-0.05, 0) is 12.8 Å². The Morgan fingerprint density at radius 3 is 0.957 bits per heavy atom. The number of hydrogen-bond acceptors (Lipinski definition) is 7. The molecule has 8 nitrogen and oxygen atoms in total. The molecule has 0 aromatic rings. The molecule has 0 aromatic heterocycles. The summed E-state index contributed by atoms with van der Waals surface area (Å²) < 4.78 is 0. The minimum atomic E-state index is -0.981. The second kappa shape index (κ2) is 15.9. The average molecular weight is 340 g/mol. The molecule has 0 saturated heterocycles. The lowest BCUT2D eigenvalue weighted by Gasteiger charge is -2.24. The zero-order valence-corrected chi connectivity index (χ0v) is 14.0. The van der Waals surface area contributed by atoms with Crippen LogP contribution in [0.4, 0.5) is 0 Å². The van der Waals surface area contributed by atoms with Crippen molar-refractivity contribution < 1.29 is 40.5 Å². The third-order valence-electron chi connectivity index (χ3n) is 3.69. The third kappa shape index (κ3) is 12.1. The lowest BCUT2D eigenvalue weighted by Crippen LogP contribution is -2.32. The molecule has 0 aliphatic carbocycles. The van der Waals surface area contributed by atoms with Gasteiger partial charge >= 0.3 is 5.97 Å². The molecule has 7 N–H and O–H groups in total. The van der Waals surface area contributed by atoms with Gasteiger partial charge in [0.15, 0.2) is 0 Å². The SMILES string of the molecule is C=CC(=O)O.CCC(CO)(CO)CO.CCC(CO)(CO)CO. The lowest BCUT2D eigenvalue weighted by molar-refractivity contribution is -0.131. The van der Waals surface area contributed by atoms with Crippen LogP contribution in [0.15, 0.2) is 12.7 Å². The first kappa shape index (κ1) is 26.8. The van der Waals surface area contributed by atoms with Crippen LogP contribution in [-0.4, -0.2) is 81.4 Å². The fraction of sp³-hybridized carbons (Fsp3) is 0.800. The number of hydrogen-bond donors (Lipinski definition) is 7. The maximum atomic E-state index is 9.25. The second-order valence-electron chi connectivity index (χ2n) is 5.20. The molecule has 0 atom stereocenters. The van der Waals surface area contributed by atoms with Gasteiger partial charge in [-0.3, -0.25) is 0 Å². The predicted molar refractivity (Wildman–Crippen MR) is 85.8 cm³/mol. The summed E-state index contributed by atoms with van der Waals surface area (Å²) in [5.41, 5.74) is -1.33. The Kier molecular flexibility index (Phi) is 18.5. The molecule has 0 spiro atoms. The first-order valence-corrected chi connectivity index (χ1v) is 7.26. The van der Waals surface area contributed by atoms with Crippen LogP contribution in [0.1, 0.15) is 26.7 Å². The average Bonchev–Trinajstić information content (AvgIpc) is 2.61. The van der Waals surface area contributed by atoms with Gasteiger partial charge in [-0.2, -0.15) is 0 Å². The van der Waals surface area contributed by atoms with Crippen LogP contribution in [0.2, 0.25) is 0 Å². The summed E-state index contributed by atoms with van der Waals surface area (Å²) in [7, 11) is 0. The van der Waals surface area contributed by atoms with Gasteiger partial charge in [0.2, 0.25) is 0 Å². The monoisotopic (exact) mass is 340 g/mol. The Hall–Kier alpha value is -1.03. The topological polar surface area (TPSA) is 159 Å². The Balaban J connectivity index is -0.000000273. The second-order valence-corrected chi connectivity index (χ2v) is 5.20. The number of aliphatic hydroxyl groups is 6. The summed E-state index contributed by atoms with van der Waals surface area (Å²) >= 11 is 0. The molecular formula is C15H32O8. The summed E-state index contributed by atoms with van der Waals surface area (Å²) in [6.45, 7) is 5.67. The summed E-state index contributed by atoms with van der Waals surface area (Å²) in [6, 6.07) is 0. The van der Waals surface area contributed by atoms with Crippen molar-refractivity contribution in [1.82, 2.24) is 0 Å². The molecule has 0 radical (unpaired) electrons. The molecule has 23 heavy (non-hydrogen) atoms. The Bertz CT molecular complexity index is 230. The molecule has 0 fully saturated rings. The van der Waals surface area contributed by atoms with Crippen LogP contribution in [-0.2, 0) is 4.79 Å². The fourth-order valence-corrected chi connectivity index (χ4v) is 0.971. The molecule has 0 aliphatic heterocycles. The lowest BCUT2D eigenvalue weighted by atomic mass is 9.88. The van der Waals surface area contributed by atoms with E-state index in [4.69, 9.17) is 35.7 Å². The van der Waals surface area contributed by atoms with Crippen molar-refractivity contribution in [2.75, 3.05) is 39.6 Å². The van der Waals surface area contributed by atoms with E-state index in [0.29, 0.717) is 12.8 Å². The number of rotatable bonds is 9. The first-order valence-electron chi connectivity index (χ1n) is 7.26. The third-order valence-corrected chi connectivity index (χ3v) is 3.69. The van der Waals surface area contributed by atoms with E-state index in [-0.39, 0.29) is 39.6 Å². The van der Waals surface area contributed by atoms with Gasteiger partial charge in [0.25, 0.3) is 0 Å². The van der Waals surface area contributed by atoms with Crippen molar-refractivity contribution in [2.24, 2.45) is 10.8 Å². The number of aliphatic carboxylic acids is 1. The Labute approximate surface area is 137 Å². The van der Waals surface area contributed by atoms with Gasteiger partial charge in [0.05, 0.1) is 39.6 Å². The summed E-state index contributed by atoms with van der Waals surface area (Å²) in [6.07, 6.45) is 2.02. The van der Waals surface area contributed by atoms with Gasteiger partial charge < -0.3 is 35.7 Å². The molecule has 0 unspecified atom stereocenters. The Morgan fingerprint density at radius 2 is 0.957 bits per heavy atom. The van der Waals surface area contributed by atoms with E-state index in [1.807, 2.05) is 13.8 Å². The standard InChI is InChI=1S/2C6H14O3.C3H4O2/c2*1-2-6(3-7,4-8)5-9;1-2-3(4)5/h2*7-9H,2-5H2,1H3;2H,1H2,(H,4,5). The molecule has 0 aliphatic rings. The van der Waals surface area contributed by atoms with Crippen LogP contribution in [0.3, 0.4) is 0 Å².